The van der Waals surface area contributed by atoms with Gasteiger partial charge in [-0.3, -0.25) is 0 Å². The van der Waals surface area contributed by atoms with Crippen LogP contribution in [0.5, 0.6) is 0 Å². The number of fused-ring (bicyclic) bond motifs is 19. The van der Waals surface area contributed by atoms with Crippen molar-refractivity contribution in [3.8, 4) is 28.1 Å². The number of rotatable bonds is 3. The quantitative estimate of drug-likeness (QED) is 0.164. The SMILES string of the molecule is CC(C)(C)c1cc2c3c(c1)c1c(n3-c3cc(N(c4ccccc4)c4ccccc4)cc4c3B2c2cccc3c2N4C2(C)CCCCC32C)-c2ccccc2C12c1ccccc1-c1ccccc12. The minimum Gasteiger partial charge on any atom is -0.335 e. The summed E-state index contributed by atoms with van der Waals surface area (Å²) in [5.74, 6) is 0. The molecule has 1 saturated carbocycles. The van der Waals surface area contributed by atoms with Gasteiger partial charge in [0, 0.05) is 55.9 Å². The molecule has 0 radical (unpaired) electrons. The molecule has 0 saturated heterocycles. The molecule has 8 aromatic carbocycles. The van der Waals surface area contributed by atoms with E-state index < -0.39 is 5.41 Å². The maximum atomic E-state index is 2.89. The Hall–Kier alpha value is -7.04. The molecule has 3 aliphatic heterocycles. The van der Waals surface area contributed by atoms with Gasteiger partial charge >= 0.3 is 0 Å². The molecule has 6 aliphatic rings. The van der Waals surface area contributed by atoms with Gasteiger partial charge in [-0.2, -0.15) is 0 Å². The fraction of sp³-hybridized carbons (Fsp3) is 0.206. The van der Waals surface area contributed by atoms with Crippen molar-refractivity contribution in [1.29, 1.82) is 0 Å². The highest BCUT2D eigenvalue weighted by molar-refractivity contribution is 7.00. The number of nitrogens with zero attached hydrogens (tertiary/aromatic N) is 3. The van der Waals surface area contributed by atoms with E-state index in [-0.39, 0.29) is 23.1 Å². The van der Waals surface area contributed by atoms with Gasteiger partial charge in [0.15, 0.2) is 0 Å². The smallest absolute Gasteiger partial charge is 0.252 e. The number of benzene rings is 8. The average molecular weight is 862 g/mol. The first-order valence-electron chi connectivity index (χ1n) is 24.7. The second-order valence-electron chi connectivity index (χ2n) is 21.9. The van der Waals surface area contributed by atoms with Crippen molar-refractivity contribution in [3.05, 3.63) is 209 Å². The zero-order valence-electron chi connectivity index (χ0n) is 39.0. The van der Waals surface area contributed by atoms with Crippen molar-refractivity contribution >= 4 is 62.4 Å². The van der Waals surface area contributed by atoms with E-state index in [1.165, 1.54) is 125 Å². The summed E-state index contributed by atoms with van der Waals surface area (Å²) in [4.78, 5) is 5.39. The maximum Gasteiger partial charge on any atom is 0.252 e. The van der Waals surface area contributed by atoms with Crippen LogP contribution in [0.25, 0.3) is 39.0 Å². The third-order valence-electron chi connectivity index (χ3n) is 17.8. The predicted octanol–water partition coefficient (Wildman–Crippen LogP) is 13.6. The molecular weight excluding hydrogens is 810 g/mol. The van der Waals surface area contributed by atoms with Crippen LogP contribution < -0.4 is 26.2 Å². The molecule has 3 nitrogen and oxygen atoms in total. The molecule has 0 amide bonds. The van der Waals surface area contributed by atoms with E-state index in [9.17, 15) is 0 Å². The molecule has 67 heavy (non-hydrogen) atoms. The number of hydrogen-bond acceptors (Lipinski definition) is 2. The molecule has 2 atom stereocenters. The molecule has 15 rings (SSSR count). The van der Waals surface area contributed by atoms with Gasteiger partial charge < -0.3 is 14.4 Å². The van der Waals surface area contributed by atoms with Crippen LogP contribution in [0.15, 0.2) is 176 Å². The van der Waals surface area contributed by atoms with Gasteiger partial charge in [-0.25, -0.2) is 0 Å². The molecular formula is C63H52BN3. The molecule has 9 aromatic rings. The highest BCUT2D eigenvalue weighted by Crippen LogP contribution is 2.66. The molecule has 4 heterocycles. The van der Waals surface area contributed by atoms with E-state index in [1.807, 2.05) is 0 Å². The molecule has 322 valence electrons. The van der Waals surface area contributed by atoms with E-state index in [2.05, 4.69) is 225 Å². The fourth-order valence-corrected chi connectivity index (χ4v) is 14.8. The lowest BCUT2D eigenvalue weighted by Gasteiger charge is -2.52. The largest absolute Gasteiger partial charge is 0.335 e. The maximum absolute atomic E-state index is 2.89. The number of aromatic nitrogens is 1. The van der Waals surface area contributed by atoms with Crippen LogP contribution in [0, 0.1) is 0 Å². The normalized spacial score (nSPS) is 20.3. The van der Waals surface area contributed by atoms with Crippen LogP contribution in [0.1, 0.15) is 93.7 Å². The van der Waals surface area contributed by atoms with Crippen molar-refractivity contribution < 1.29 is 0 Å². The Bertz CT molecular complexity index is 3550. The summed E-state index contributed by atoms with van der Waals surface area (Å²) in [5.41, 5.74) is 26.5. The first kappa shape index (κ1) is 38.1. The van der Waals surface area contributed by atoms with E-state index in [4.69, 9.17) is 0 Å². The third-order valence-corrected chi connectivity index (χ3v) is 17.8. The van der Waals surface area contributed by atoms with Crippen molar-refractivity contribution in [2.75, 3.05) is 9.80 Å². The number of para-hydroxylation sites is 3. The first-order valence-corrected chi connectivity index (χ1v) is 24.7. The van der Waals surface area contributed by atoms with Crippen molar-refractivity contribution in [2.24, 2.45) is 0 Å². The summed E-state index contributed by atoms with van der Waals surface area (Å²) in [7, 11) is 0. The Morgan fingerprint density at radius 1 is 0.537 bits per heavy atom. The van der Waals surface area contributed by atoms with Gasteiger partial charge in [-0.15, -0.1) is 0 Å². The minimum absolute atomic E-state index is 0.0131. The van der Waals surface area contributed by atoms with E-state index in [1.54, 1.807) is 0 Å². The summed E-state index contributed by atoms with van der Waals surface area (Å²) >= 11 is 0. The summed E-state index contributed by atoms with van der Waals surface area (Å²) in [6, 6.07) is 67.9. The van der Waals surface area contributed by atoms with Crippen molar-refractivity contribution in [2.45, 2.75) is 82.1 Å². The van der Waals surface area contributed by atoms with Gasteiger partial charge in [0.1, 0.15) is 0 Å². The van der Waals surface area contributed by atoms with Crippen LogP contribution in [-0.4, -0.2) is 16.8 Å². The zero-order chi connectivity index (χ0) is 44.8. The van der Waals surface area contributed by atoms with Gasteiger partial charge in [-0.1, -0.05) is 174 Å². The Kier molecular flexibility index (Phi) is 7.22. The van der Waals surface area contributed by atoms with E-state index in [0.29, 0.717) is 0 Å². The zero-order valence-corrected chi connectivity index (χ0v) is 39.0. The van der Waals surface area contributed by atoms with Crippen molar-refractivity contribution in [3.63, 3.8) is 0 Å². The Morgan fingerprint density at radius 2 is 1.10 bits per heavy atom. The average Bonchev–Trinajstić information content (AvgIpc) is 4.02. The summed E-state index contributed by atoms with van der Waals surface area (Å²) in [5, 5.41) is 1.38. The number of hydrogen-bond donors (Lipinski definition) is 0. The summed E-state index contributed by atoms with van der Waals surface area (Å²) in [6.45, 7) is 12.5. The Labute approximate surface area is 394 Å². The lowest BCUT2D eigenvalue weighted by Crippen LogP contribution is -2.64. The fourth-order valence-electron chi connectivity index (χ4n) is 14.8. The first-order chi connectivity index (χ1) is 32.6. The number of anilines is 5. The third kappa shape index (κ3) is 4.42. The van der Waals surface area contributed by atoms with Gasteiger partial charge in [0.05, 0.1) is 22.3 Å². The van der Waals surface area contributed by atoms with Crippen LogP contribution in [0.2, 0.25) is 0 Å². The van der Waals surface area contributed by atoms with Gasteiger partial charge in [0.2, 0.25) is 0 Å². The predicted molar refractivity (Wildman–Crippen MR) is 280 cm³/mol. The molecule has 0 bridgehead atoms. The topological polar surface area (TPSA) is 11.4 Å². The van der Waals surface area contributed by atoms with E-state index in [0.717, 1.165) is 17.8 Å². The molecule has 3 aliphatic carbocycles. The second kappa shape index (κ2) is 12.7. The molecule has 1 aromatic heterocycles. The summed E-state index contributed by atoms with van der Waals surface area (Å²) in [6.07, 6.45) is 4.86. The minimum atomic E-state index is -0.489. The van der Waals surface area contributed by atoms with Gasteiger partial charge in [-0.05, 0) is 123 Å². The van der Waals surface area contributed by atoms with Crippen LogP contribution in [0.4, 0.5) is 28.4 Å². The van der Waals surface area contributed by atoms with Crippen molar-refractivity contribution in [1.82, 2.24) is 4.57 Å². The monoisotopic (exact) mass is 861 g/mol. The van der Waals surface area contributed by atoms with Crippen LogP contribution >= 0.6 is 0 Å². The molecule has 4 heteroatoms. The molecule has 0 N–H and O–H groups in total. The van der Waals surface area contributed by atoms with Gasteiger partial charge in [0.25, 0.3) is 6.71 Å². The molecule has 1 spiro atoms. The highest BCUT2D eigenvalue weighted by Gasteiger charge is 2.62. The van der Waals surface area contributed by atoms with Crippen LogP contribution in [0.3, 0.4) is 0 Å². The lowest BCUT2D eigenvalue weighted by atomic mass is 9.33. The molecule has 1 fully saturated rings. The standard InChI is InChI=1S/C63H52BN3/c1-60(2,3)39-35-46-55-58(45-27-14-17-30-49(45)63(55)47-28-15-12-25-43(47)44-26-13-16-29-48(44)63)66-53-37-42(65(40-21-8-6-9-22-40)41-23-10-7-11-24-41)38-54-56(53)64(52(36-39)57(46)66)51-32-20-31-50-59(51)67(54)62(5)34-19-18-33-61(50,62)4/h6-17,20-32,35-38H,18-19,33-34H2,1-5H3. The molecule has 2 unspecified atom stereocenters. The van der Waals surface area contributed by atoms with E-state index >= 15 is 0 Å². The highest BCUT2D eigenvalue weighted by atomic mass is 15.3. The summed E-state index contributed by atoms with van der Waals surface area (Å²) < 4.78 is 2.78. The second-order valence-corrected chi connectivity index (χ2v) is 21.9. The lowest BCUT2D eigenvalue weighted by molar-refractivity contribution is 0.195. The Balaban J connectivity index is 1.16. The van der Waals surface area contributed by atoms with Crippen LogP contribution in [-0.2, 0) is 16.2 Å². The Morgan fingerprint density at radius 3 is 1.76 bits per heavy atom.